The third-order valence-corrected chi connectivity index (χ3v) is 3.82. The van der Waals surface area contributed by atoms with Crippen molar-refractivity contribution < 1.29 is 9.47 Å². The highest BCUT2D eigenvalue weighted by atomic mass is 16.5. The quantitative estimate of drug-likeness (QED) is 0.869. The second kappa shape index (κ2) is 7.28. The van der Waals surface area contributed by atoms with Gasteiger partial charge in [0.25, 0.3) is 0 Å². The van der Waals surface area contributed by atoms with E-state index in [0.717, 1.165) is 31.6 Å². The molecule has 0 bridgehead atoms. The first-order valence-electron chi connectivity index (χ1n) is 8.08. The van der Waals surface area contributed by atoms with Crippen molar-refractivity contribution in [2.45, 2.75) is 64.7 Å². The van der Waals surface area contributed by atoms with Gasteiger partial charge in [-0.15, -0.1) is 0 Å². The van der Waals surface area contributed by atoms with Gasteiger partial charge < -0.3 is 14.8 Å². The van der Waals surface area contributed by atoms with Crippen molar-refractivity contribution in [2.75, 3.05) is 13.2 Å². The fourth-order valence-corrected chi connectivity index (χ4v) is 2.48. The van der Waals surface area contributed by atoms with Crippen LogP contribution in [0.1, 0.15) is 46.1 Å². The van der Waals surface area contributed by atoms with Gasteiger partial charge in [0.15, 0.2) is 0 Å². The van der Waals surface area contributed by atoms with Gasteiger partial charge in [0.2, 0.25) is 0 Å². The molecule has 1 aromatic rings. The minimum absolute atomic E-state index is 0.152. The van der Waals surface area contributed by atoms with Gasteiger partial charge in [0.05, 0.1) is 12.2 Å². The van der Waals surface area contributed by atoms with E-state index in [1.54, 1.807) is 0 Å². The fourth-order valence-electron chi connectivity index (χ4n) is 2.48. The second-order valence-electron chi connectivity index (χ2n) is 6.90. The third kappa shape index (κ3) is 5.68. The molecule has 1 aliphatic rings. The minimum Gasteiger partial charge on any atom is -0.491 e. The zero-order chi connectivity index (χ0) is 15.3. The summed E-state index contributed by atoms with van der Waals surface area (Å²) in [4.78, 5) is 0. The highest BCUT2D eigenvalue weighted by Crippen LogP contribution is 2.21. The van der Waals surface area contributed by atoms with E-state index >= 15 is 0 Å². The van der Waals surface area contributed by atoms with Gasteiger partial charge in [-0.1, -0.05) is 19.1 Å². The normalized spacial score (nSPS) is 22.5. The Hall–Kier alpha value is -1.06. The summed E-state index contributed by atoms with van der Waals surface area (Å²) in [6.07, 6.45) is 3.81. The van der Waals surface area contributed by atoms with Gasteiger partial charge in [-0.3, -0.25) is 0 Å². The molecule has 0 radical (unpaired) electrons. The van der Waals surface area contributed by atoms with Gasteiger partial charge in [-0.05, 0) is 57.7 Å². The molecule has 0 aromatic heterocycles. The smallest absolute Gasteiger partial charge is 0.119 e. The van der Waals surface area contributed by atoms with Crippen LogP contribution >= 0.6 is 0 Å². The van der Waals surface area contributed by atoms with Crippen molar-refractivity contribution in [2.24, 2.45) is 0 Å². The van der Waals surface area contributed by atoms with Crippen molar-refractivity contribution in [3.05, 3.63) is 29.8 Å². The van der Waals surface area contributed by atoms with E-state index in [0.29, 0.717) is 12.7 Å². The average Bonchev–Trinajstić information content (AvgIpc) is 2.91. The monoisotopic (exact) mass is 291 g/mol. The van der Waals surface area contributed by atoms with E-state index in [-0.39, 0.29) is 11.6 Å². The van der Waals surface area contributed by atoms with Gasteiger partial charge in [0.1, 0.15) is 12.4 Å². The van der Waals surface area contributed by atoms with E-state index < -0.39 is 0 Å². The summed E-state index contributed by atoms with van der Waals surface area (Å²) in [5.41, 5.74) is 1.49. The Bertz CT molecular complexity index is 422. The zero-order valence-electron chi connectivity index (χ0n) is 13.8. The van der Waals surface area contributed by atoms with Crippen molar-refractivity contribution in [1.82, 2.24) is 5.32 Å². The van der Waals surface area contributed by atoms with Crippen LogP contribution in [0.3, 0.4) is 0 Å². The summed E-state index contributed by atoms with van der Waals surface area (Å²) in [7, 11) is 0. The number of rotatable bonds is 6. The molecule has 2 rings (SSSR count). The first-order chi connectivity index (χ1) is 9.96. The Morgan fingerprint density at radius 2 is 1.81 bits per heavy atom. The molecule has 1 heterocycles. The molecule has 2 unspecified atom stereocenters. The number of ether oxygens (including phenoxy) is 2. The van der Waals surface area contributed by atoms with E-state index in [2.05, 4.69) is 45.1 Å². The third-order valence-electron chi connectivity index (χ3n) is 3.82. The molecule has 0 aliphatic carbocycles. The molecular formula is C18H29NO2. The second-order valence-corrected chi connectivity index (χ2v) is 6.90. The summed E-state index contributed by atoms with van der Waals surface area (Å²) in [6.45, 7) is 10.3. The van der Waals surface area contributed by atoms with Gasteiger partial charge >= 0.3 is 0 Å². The lowest BCUT2D eigenvalue weighted by molar-refractivity contribution is 0.0162. The fraction of sp³-hybridized carbons (Fsp3) is 0.667. The number of nitrogens with one attached hydrogen (secondary N) is 1. The Kier molecular flexibility index (Phi) is 5.65. The van der Waals surface area contributed by atoms with Gasteiger partial charge in [-0.2, -0.15) is 0 Å². The lowest BCUT2D eigenvalue weighted by atomic mass is 10.1. The molecule has 1 N–H and O–H groups in total. The van der Waals surface area contributed by atoms with E-state index in [1.807, 2.05) is 12.1 Å². The molecule has 3 nitrogen and oxygen atoms in total. The maximum absolute atomic E-state index is 6.04. The van der Waals surface area contributed by atoms with Crippen molar-refractivity contribution in [1.29, 1.82) is 0 Å². The van der Waals surface area contributed by atoms with Crippen LogP contribution in [0.4, 0.5) is 0 Å². The molecular weight excluding hydrogens is 262 g/mol. The standard InChI is InChI=1S/C18H29NO2/c1-5-14-6-8-15(9-7-14)20-13-17-11-10-16(21-17)12-19-18(2,3)4/h6-9,16-17,19H,5,10-13H2,1-4H3. The van der Waals surface area contributed by atoms with Crippen LogP contribution in [0.2, 0.25) is 0 Å². The SMILES string of the molecule is CCc1ccc(OCC2CCC(CNC(C)(C)C)O2)cc1. The Morgan fingerprint density at radius 3 is 2.43 bits per heavy atom. The Labute approximate surface area is 129 Å². The Morgan fingerprint density at radius 1 is 1.14 bits per heavy atom. The molecule has 0 spiro atoms. The lowest BCUT2D eigenvalue weighted by Crippen LogP contribution is -2.41. The lowest BCUT2D eigenvalue weighted by Gasteiger charge is -2.23. The average molecular weight is 291 g/mol. The van der Waals surface area contributed by atoms with E-state index in [1.165, 1.54) is 5.56 Å². The summed E-state index contributed by atoms with van der Waals surface area (Å²) in [5, 5.41) is 3.50. The molecule has 1 saturated heterocycles. The number of benzene rings is 1. The summed E-state index contributed by atoms with van der Waals surface area (Å²) >= 11 is 0. The predicted molar refractivity (Wildman–Crippen MR) is 87.0 cm³/mol. The number of aryl methyl sites for hydroxylation is 1. The van der Waals surface area contributed by atoms with E-state index in [4.69, 9.17) is 9.47 Å². The van der Waals surface area contributed by atoms with Gasteiger partial charge in [-0.25, -0.2) is 0 Å². The number of hydrogen-bond acceptors (Lipinski definition) is 3. The van der Waals surface area contributed by atoms with Crippen molar-refractivity contribution in [3.63, 3.8) is 0 Å². The molecule has 118 valence electrons. The maximum Gasteiger partial charge on any atom is 0.119 e. The molecule has 2 atom stereocenters. The van der Waals surface area contributed by atoms with Crippen LogP contribution in [-0.2, 0) is 11.2 Å². The molecule has 0 saturated carbocycles. The first-order valence-corrected chi connectivity index (χ1v) is 8.08. The summed E-state index contributed by atoms with van der Waals surface area (Å²) in [5.74, 6) is 0.937. The first kappa shape index (κ1) is 16.3. The molecule has 1 aliphatic heterocycles. The highest BCUT2D eigenvalue weighted by molar-refractivity contribution is 5.27. The number of hydrogen-bond donors (Lipinski definition) is 1. The Balaban J connectivity index is 1.70. The molecule has 0 amide bonds. The van der Waals surface area contributed by atoms with Crippen LogP contribution in [0.25, 0.3) is 0 Å². The molecule has 21 heavy (non-hydrogen) atoms. The van der Waals surface area contributed by atoms with E-state index in [9.17, 15) is 0 Å². The largest absolute Gasteiger partial charge is 0.491 e. The zero-order valence-corrected chi connectivity index (χ0v) is 13.8. The van der Waals surface area contributed by atoms with Crippen LogP contribution in [-0.4, -0.2) is 30.9 Å². The molecule has 1 fully saturated rings. The van der Waals surface area contributed by atoms with Crippen LogP contribution < -0.4 is 10.1 Å². The summed E-state index contributed by atoms with van der Waals surface area (Å²) < 4.78 is 11.9. The summed E-state index contributed by atoms with van der Waals surface area (Å²) in [6, 6.07) is 8.35. The molecule has 1 aromatic carbocycles. The van der Waals surface area contributed by atoms with Crippen LogP contribution in [0.5, 0.6) is 5.75 Å². The topological polar surface area (TPSA) is 30.5 Å². The van der Waals surface area contributed by atoms with Crippen molar-refractivity contribution in [3.8, 4) is 5.75 Å². The maximum atomic E-state index is 6.04. The highest BCUT2D eigenvalue weighted by Gasteiger charge is 2.26. The van der Waals surface area contributed by atoms with Crippen LogP contribution in [0.15, 0.2) is 24.3 Å². The minimum atomic E-state index is 0.152. The van der Waals surface area contributed by atoms with Crippen molar-refractivity contribution >= 4 is 0 Å². The van der Waals surface area contributed by atoms with Gasteiger partial charge in [0, 0.05) is 12.1 Å². The van der Waals surface area contributed by atoms with Crippen LogP contribution in [0, 0.1) is 0 Å². The molecule has 3 heteroatoms. The predicted octanol–water partition coefficient (Wildman–Crippen LogP) is 3.56.